The number of carbonyl (C=O) groups is 1. The minimum absolute atomic E-state index is 0.0141. The Kier molecular flexibility index (Phi) is 4.56. The van der Waals surface area contributed by atoms with Gasteiger partial charge in [-0.05, 0) is 32.3 Å². The quantitative estimate of drug-likeness (QED) is 0.663. The fourth-order valence-electron chi connectivity index (χ4n) is 4.89. The zero-order chi connectivity index (χ0) is 20.8. The first-order valence-corrected chi connectivity index (χ1v) is 10.6. The van der Waals surface area contributed by atoms with Gasteiger partial charge in [0, 0.05) is 31.2 Å². The molecule has 4 heterocycles. The number of nitrogens with zero attached hydrogens (tertiary/aromatic N) is 6. The molecule has 0 aliphatic carbocycles. The summed E-state index contributed by atoms with van der Waals surface area (Å²) in [4.78, 5) is 28.4. The number of hydrogen-bond donors (Lipinski definition) is 0. The number of hydrogen-bond acceptors (Lipinski definition) is 4. The molecule has 2 bridgehead atoms. The lowest BCUT2D eigenvalue weighted by Crippen LogP contribution is -2.43. The fraction of sp³-hybridized carbons (Fsp3) is 0.455. The molecule has 1 saturated heterocycles. The summed E-state index contributed by atoms with van der Waals surface area (Å²) in [6.45, 7) is 5.67. The van der Waals surface area contributed by atoms with Crippen LogP contribution in [0.15, 0.2) is 41.3 Å². The molecule has 1 aromatic carbocycles. The van der Waals surface area contributed by atoms with Crippen LogP contribution in [-0.4, -0.2) is 47.0 Å². The SMILES string of the molecule is CCn1ncc(C(=O)N2C3CCC2Cn2c(nn(Cc4ccccc4)c2=O)C3)c1C. The number of fused-ring (bicyclic) bond motifs is 3. The molecular formula is C22H26N6O2. The summed E-state index contributed by atoms with van der Waals surface area (Å²) in [7, 11) is 0. The zero-order valence-corrected chi connectivity index (χ0v) is 17.4. The van der Waals surface area contributed by atoms with Crippen LogP contribution in [0.4, 0.5) is 0 Å². The van der Waals surface area contributed by atoms with Crippen LogP contribution in [0.5, 0.6) is 0 Å². The Bertz CT molecular complexity index is 1140. The monoisotopic (exact) mass is 406 g/mol. The van der Waals surface area contributed by atoms with Gasteiger partial charge in [-0.2, -0.15) is 10.2 Å². The Hall–Kier alpha value is -3.16. The molecule has 3 aromatic rings. The highest BCUT2D eigenvalue weighted by Crippen LogP contribution is 2.32. The number of aromatic nitrogens is 5. The third-order valence-electron chi connectivity index (χ3n) is 6.47. The molecule has 0 radical (unpaired) electrons. The molecule has 2 aromatic heterocycles. The first kappa shape index (κ1) is 18.8. The van der Waals surface area contributed by atoms with Crippen LogP contribution in [-0.2, 0) is 26.1 Å². The van der Waals surface area contributed by atoms with Gasteiger partial charge in [0.15, 0.2) is 0 Å². The first-order valence-electron chi connectivity index (χ1n) is 10.6. The maximum Gasteiger partial charge on any atom is 0.346 e. The van der Waals surface area contributed by atoms with Gasteiger partial charge in [0.1, 0.15) is 5.82 Å². The molecule has 2 aliphatic heterocycles. The van der Waals surface area contributed by atoms with E-state index in [9.17, 15) is 9.59 Å². The van der Waals surface area contributed by atoms with E-state index < -0.39 is 0 Å². The van der Waals surface area contributed by atoms with Gasteiger partial charge < -0.3 is 4.90 Å². The predicted molar refractivity (Wildman–Crippen MR) is 111 cm³/mol. The Labute approximate surface area is 174 Å². The Morgan fingerprint density at radius 3 is 2.63 bits per heavy atom. The van der Waals surface area contributed by atoms with E-state index in [1.54, 1.807) is 15.4 Å². The molecule has 8 nitrogen and oxygen atoms in total. The summed E-state index contributed by atoms with van der Waals surface area (Å²) in [5.74, 6) is 0.803. The van der Waals surface area contributed by atoms with Crippen molar-refractivity contribution in [2.75, 3.05) is 0 Å². The number of benzene rings is 1. The van der Waals surface area contributed by atoms with Gasteiger partial charge in [0.2, 0.25) is 0 Å². The highest BCUT2D eigenvalue weighted by Gasteiger charge is 2.42. The number of rotatable bonds is 4. The van der Waals surface area contributed by atoms with Crippen LogP contribution in [0.1, 0.15) is 47.2 Å². The van der Waals surface area contributed by atoms with Crippen LogP contribution in [0.2, 0.25) is 0 Å². The number of carbonyl (C=O) groups excluding carboxylic acids is 1. The molecule has 1 amide bonds. The summed E-state index contributed by atoms with van der Waals surface area (Å²) < 4.78 is 5.17. The second-order valence-electron chi connectivity index (χ2n) is 8.21. The lowest BCUT2D eigenvalue weighted by atomic mass is 10.1. The van der Waals surface area contributed by atoms with Crippen LogP contribution in [0.25, 0.3) is 0 Å². The van der Waals surface area contributed by atoms with Gasteiger partial charge in [-0.1, -0.05) is 30.3 Å². The molecule has 8 heteroatoms. The topological polar surface area (TPSA) is 78.0 Å². The van der Waals surface area contributed by atoms with Crippen molar-refractivity contribution < 1.29 is 4.79 Å². The lowest BCUT2D eigenvalue weighted by Gasteiger charge is -2.27. The van der Waals surface area contributed by atoms with Crippen LogP contribution in [0.3, 0.4) is 0 Å². The van der Waals surface area contributed by atoms with E-state index in [1.807, 2.05) is 53.8 Å². The largest absolute Gasteiger partial charge is 0.346 e. The molecule has 156 valence electrons. The van der Waals surface area contributed by atoms with Gasteiger partial charge in [-0.3, -0.25) is 14.0 Å². The Morgan fingerprint density at radius 1 is 1.13 bits per heavy atom. The molecular weight excluding hydrogens is 380 g/mol. The average molecular weight is 406 g/mol. The highest BCUT2D eigenvalue weighted by molar-refractivity contribution is 5.95. The average Bonchev–Trinajstić information content (AvgIpc) is 3.36. The second-order valence-corrected chi connectivity index (χ2v) is 8.21. The Balaban J connectivity index is 1.43. The van der Waals surface area contributed by atoms with Crippen molar-refractivity contribution in [1.82, 2.24) is 29.0 Å². The third-order valence-corrected chi connectivity index (χ3v) is 6.47. The molecule has 0 spiro atoms. The summed E-state index contributed by atoms with van der Waals surface area (Å²) in [5, 5.41) is 8.98. The van der Waals surface area contributed by atoms with Gasteiger partial charge in [-0.25, -0.2) is 9.48 Å². The molecule has 1 fully saturated rings. The van der Waals surface area contributed by atoms with E-state index in [1.165, 1.54) is 0 Å². The summed E-state index contributed by atoms with van der Waals surface area (Å²) >= 11 is 0. The maximum atomic E-state index is 13.4. The van der Waals surface area contributed by atoms with Crippen molar-refractivity contribution in [2.45, 2.75) is 64.8 Å². The normalized spacial score (nSPS) is 20.3. The van der Waals surface area contributed by atoms with Crippen LogP contribution in [0, 0.1) is 6.92 Å². The smallest absolute Gasteiger partial charge is 0.330 e. The summed E-state index contributed by atoms with van der Waals surface area (Å²) in [6.07, 6.45) is 4.14. The van der Waals surface area contributed by atoms with E-state index in [-0.39, 0.29) is 23.7 Å². The van der Waals surface area contributed by atoms with E-state index >= 15 is 0 Å². The number of amides is 1. The molecule has 30 heavy (non-hydrogen) atoms. The van der Waals surface area contributed by atoms with Gasteiger partial charge in [0.05, 0.1) is 24.3 Å². The summed E-state index contributed by atoms with van der Waals surface area (Å²) in [6, 6.07) is 9.98. The van der Waals surface area contributed by atoms with Crippen molar-refractivity contribution >= 4 is 5.91 Å². The first-order chi connectivity index (χ1) is 14.6. The van der Waals surface area contributed by atoms with Gasteiger partial charge in [0.25, 0.3) is 5.91 Å². The van der Waals surface area contributed by atoms with E-state index in [4.69, 9.17) is 0 Å². The molecule has 0 N–H and O–H groups in total. The molecule has 2 unspecified atom stereocenters. The van der Waals surface area contributed by atoms with E-state index in [0.717, 1.165) is 36.5 Å². The molecule has 2 aliphatic rings. The zero-order valence-electron chi connectivity index (χ0n) is 17.4. The van der Waals surface area contributed by atoms with Crippen molar-refractivity contribution in [3.8, 4) is 0 Å². The van der Waals surface area contributed by atoms with Gasteiger partial charge in [-0.15, -0.1) is 0 Å². The standard InChI is InChI=1S/C22H26N6O2/c1-3-26-15(2)19(12-23-26)21(29)28-17-9-10-18(28)14-25-20(11-17)24-27(22(25)30)13-16-7-5-4-6-8-16/h4-8,12,17-18H,3,9-11,13-14H2,1-2H3. The fourth-order valence-corrected chi connectivity index (χ4v) is 4.89. The number of aryl methyl sites for hydroxylation is 1. The van der Waals surface area contributed by atoms with Crippen LogP contribution < -0.4 is 5.69 Å². The minimum Gasteiger partial charge on any atom is -0.330 e. The molecule has 2 atom stereocenters. The van der Waals surface area contributed by atoms with E-state index in [2.05, 4.69) is 10.2 Å². The van der Waals surface area contributed by atoms with Crippen molar-refractivity contribution in [2.24, 2.45) is 0 Å². The van der Waals surface area contributed by atoms with Crippen LogP contribution >= 0.6 is 0 Å². The third kappa shape index (κ3) is 2.98. The molecule has 0 saturated carbocycles. The lowest BCUT2D eigenvalue weighted by molar-refractivity contribution is 0.0664. The van der Waals surface area contributed by atoms with Crippen molar-refractivity contribution in [3.05, 3.63) is 69.7 Å². The van der Waals surface area contributed by atoms with E-state index in [0.29, 0.717) is 25.1 Å². The van der Waals surface area contributed by atoms with Crippen molar-refractivity contribution in [3.63, 3.8) is 0 Å². The Morgan fingerprint density at radius 2 is 1.90 bits per heavy atom. The van der Waals surface area contributed by atoms with Gasteiger partial charge >= 0.3 is 5.69 Å². The highest BCUT2D eigenvalue weighted by atomic mass is 16.2. The second kappa shape index (κ2) is 7.27. The van der Waals surface area contributed by atoms with Crippen molar-refractivity contribution in [1.29, 1.82) is 0 Å². The predicted octanol–water partition coefficient (Wildman–Crippen LogP) is 1.85. The molecule has 5 rings (SSSR count). The maximum absolute atomic E-state index is 13.4. The minimum atomic E-state index is -0.0937. The summed E-state index contributed by atoms with van der Waals surface area (Å²) in [5.41, 5.74) is 2.52.